The van der Waals surface area contributed by atoms with Gasteiger partial charge in [0.2, 0.25) is 0 Å². The minimum atomic E-state index is -0.0172. The smallest absolute Gasteiger partial charge is 0.188 e. The Labute approximate surface area is 103 Å². The van der Waals surface area contributed by atoms with Crippen LogP contribution in [-0.2, 0) is 4.74 Å². The van der Waals surface area contributed by atoms with Crippen LogP contribution in [0.15, 0.2) is 24.3 Å². The van der Waals surface area contributed by atoms with Gasteiger partial charge in [0.25, 0.3) is 0 Å². The summed E-state index contributed by atoms with van der Waals surface area (Å²) in [4.78, 5) is 11.9. The SMILES string of the molecule is COc1cccc(C(=O)COC(C)C(C)C)c1. The van der Waals surface area contributed by atoms with Gasteiger partial charge in [-0.05, 0) is 25.0 Å². The van der Waals surface area contributed by atoms with Crippen LogP contribution in [0.2, 0.25) is 0 Å². The summed E-state index contributed by atoms with van der Waals surface area (Å²) in [7, 11) is 1.58. The zero-order valence-corrected chi connectivity index (χ0v) is 10.9. The van der Waals surface area contributed by atoms with E-state index in [0.29, 0.717) is 17.2 Å². The lowest BCUT2D eigenvalue weighted by Crippen LogP contribution is -2.20. The molecule has 0 aromatic heterocycles. The molecule has 1 unspecified atom stereocenters. The van der Waals surface area contributed by atoms with Crippen molar-refractivity contribution in [3.05, 3.63) is 29.8 Å². The molecule has 0 N–H and O–H groups in total. The van der Waals surface area contributed by atoms with Crippen molar-refractivity contribution >= 4 is 5.78 Å². The van der Waals surface area contributed by atoms with Crippen LogP contribution in [0.1, 0.15) is 31.1 Å². The molecule has 3 nitrogen and oxygen atoms in total. The standard InChI is InChI=1S/C14H20O3/c1-10(2)11(3)17-9-14(15)12-6-5-7-13(8-12)16-4/h5-8,10-11H,9H2,1-4H3. The minimum absolute atomic E-state index is 0.0172. The molecule has 0 aliphatic carbocycles. The molecule has 0 saturated carbocycles. The number of carbonyl (C=O) groups is 1. The van der Waals surface area contributed by atoms with Crippen LogP contribution in [0.4, 0.5) is 0 Å². The molecule has 0 bridgehead atoms. The molecule has 0 aliphatic heterocycles. The van der Waals surface area contributed by atoms with E-state index in [0.717, 1.165) is 0 Å². The third-order valence-electron chi connectivity index (χ3n) is 2.81. The Morgan fingerprint density at radius 2 is 2.00 bits per heavy atom. The van der Waals surface area contributed by atoms with E-state index in [4.69, 9.17) is 9.47 Å². The van der Waals surface area contributed by atoms with Gasteiger partial charge in [0, 0.05) is 5.56 Å². The van der Waals surface area contributed by atoms with Crippen LogP contribution in [-0.4, -0.2) is 25.6 Å². The van der Waals surface area contributed by atoms with Crippen molar-refractivity contribution in [3.63, 3.8) is 0 Å². The van der Waals surface area contributed by atoms with Gasteiger partial charge < -0.3 is 9.47 Å². The summed E-state index contributed by atoms with van der Waals surface area (Å²) < 4.78 is 10.6. The van der Waals surface area contributed by atoms with Gasteiger partial charge in [-0.25, -0.2) is 0 Å². The fraction of sp³-hybridized carbons (Fsp3) is 0.500. The highest BCUT2D eigenvalue weighted by atomic mass is 16.5. The van der Waals surface area contributed by atoms with E-state index in [-0.39, 0.29) is 18.5 Å². The van der Waals surface area contributed by atoms with Crippen molar-refractivity contribution in [2.75, 3.05) is 13.7 Å². The van der Waals surface area contributed by atoms with Crippen molar-refractivity contribution in [1.82, 2.24) is 0 Å². The average molecular weight is 236 g/mol. The highest BCUT2D eigenvalue weighted by Gasteiger charge is 2.12. The van der Waals surface area contributed by atoms with Gasteiger partial charge in [0.05, 0.1) is 13.2 Å². The van der Waals surface area contributed by atoms with Crippen molar-refractivity contribution in [1.29, 1.82) is 0 Å². The maximum Gasteiger partial charge on any atom is 0.188 e. The van der Waals surface area contributed by atoms with Gasteiger partial charge in [-0.1, -0.05) is 26.0 Å². The van der Waals surface area contributed by atoms with E-state index >= 15 is 0 Å². The van der Waals surface area contributed by atoms with Crippen LogP contribution < -0.4 is 4.74 Å². The Morgan fingerprint density at radius 3 is 2.59 bits per heavy atom. The van der Waals surface area contributed by atoms with Gasteiger partial charge in [-0.3, -0.25) is 4.79 Å². The molecular formula is C14H20O3. The fourth-order valence-electron chi connectivity index (χ4n) is 1.28. The molecule has 0 saturated heterocycles. The molecule has 1 aromatic rings. The summed E-state index contributed by atoms with van der Waals surface area (Å²) in [5.74, 6) is 1.08. The van der Waals surface area contributed by atoms with E-state index in [1.54, 1.807) is 25.3 Å². The third-order valence-corrected chi connectivity index (χ3v) is 2.81. The number of carbonyl (C=O) groups excluding carboxylic acids is 1. The number of ketones is 1. The molecule has 1 rings (SSSR count). The van der Waals surface area contributed by atoms with Gasteiger partial charge in [-0.15, -0.1) is 0 Å². The first-order valence-corrected chi connectivity index (χ1v) is 5.83. The Hall–Kier alpha value is -1.35. The second-order valence-corrected chi connectivity index (χ2v) is 4.42. The summed E-state index contributed by atoms with van der Waals surface area (Å²) in [6.07, 6.45) is 0.0876. The number of rotatable bonds is 6. The van der Waals surface area contributed by atoms with Crippen LogP contribution >= 0.6 is 0 Å². The van der Waals surface area contributed by atoms with E-state index in [1.807, 2.05) is 13.0 Å². The van der Waals surface area contributed by atoms with Crippen molar-refractivity contribution in [2.45, 2.75) is 26.9 Å². The number of Topliss-reactive ketones (excluding diaryl/α,β-unsaturated/α-hetero) is 1. The van der Waals surface area contributed by atoms with Crippen LogP contribution in [0.5, 0.6) is 5.75 Å². The van der Waals surface area contributed by atoms with E-state index in [1.165, 1.54) is 0 Å². The highest BCUT2D eigenvalue weighted by molar-refractivity contribution is 5.97. The lowest BCUT2D eigenvalue weighted by molar-refractivity contribution is 0.0336. The molecular weight excluding hydrogens is 216 g/mol. The Kier molecular flexibility index (Phi) is 5.16. The molecule has 94 valence electrons. The summed E-state index contributed by atoms with van der Waals surface area (Å²) in [5.41, 5.74) is 0.625. The molecule has 17 heavy (non-hydrogen) atoms. The molecule has 0 fully saturated rings. The predicted molar refractivity (Wildman–Crippen MR) is 67.6 cm³/mol. The monoisotopic (exact) mass is 236 g/mol. The molecule has 1 aromatic carbocycles. The molecule has 0 heterocycles. The lowest BCUT2D eigenvalue weighted by Gasteiger charge is -2.15. The number of benzene rings is 1. The predicted octanol–water partition coefficient (Wildman–Crippen LogP) is 2.94. The maximum atomic E-state index is 11.9. The Balaban J connectivity index is 2.57. The zero-order chi connectivity index (χ0) is 12.8. The largest absolute Gasteiger partial charge is 0.497 e. The normalized spacial score (nSPS) is 12.5. The van der Waals surface area contributed by atoms with Crippen molar-refractivity contribution in [2.24, 2.45) is 5.92 Å². The lowest BCUT2D eigenvalue weighted by atomic mass is 10.1. The first-order chi connectivity index (χ1) is 8.04. The topological polar surface area (TPSA) is 35.5 Å². The Morgan fingerprint density at radius 1 is 1.29 bits per heavy atom. The molecule has 0 aliphatic rings. The zero-order valence-electron chi connectivity index (χ0n) is 10.9. The van der Waals surface area contributed by atoms with Crippen molar-refractivity contribution in [3.8, 4) is 5.75 Å². The van der Waals surface area contributed by atoms with E-state index in [2.05, 4.69) is 13.8 Å². The fourth-order valence-corrected chi connectivity index (χ4v) is 1.28. The first-order valence-electron chi connectivity index (χ1n) is 5.83. The molecule has 0 amide bonds. The number of methoxy groups -OCH3 is 1. The molecule has 0 radical (unpaired) electrons. The van der Waals surface area contributed by atoms with Gasteiger partial charge >= 0.3 is 0 Å². The minimum Gasteiger partial charge on any atom is -0.497 e. The third kappa shape index (κ3) is 4.19. The molecule has 1 atom stereocenters. The maximum absolute atomic E-state index is 11.9. The van der Waals surface area contributed by atoms with Gasteiger partial charge in [0.1, 0.15) is 12.4 Å². The Bertz CT molecular complexity index is 371. The van der Waals surface area contributed by atoms with E-state index < -0.39 is 0 Å². The number of hydrogen-bond donors (Lipinski definition) is 0. The van der Waals surface area contributed by atoms with Gasteiger partial charge in [0.15, 0.2) is 5.78 Å². The summed E-state index contributed by atoms with van der Waals surface area (Å²) in [6, 6.07) is 7.12. The average Bonchev–Trinajstić information content (AvgIpc) is 2.35. The quantitative estimate of drug-likeness (QED) is 0.712. The van der Waals surface area contributed by atoms with Crippen LogP contribution in [0.3, 0.4) is 0 Å². The summed E-state index contributed by atoms with van der Waals surface area (Å²) in [6.45, 7) is 6.23. The first kappa shape index (κ1) is 13.7. The number of ether oxygens (including phenoxy) is 2. The second-order valence-electron chi connectivity index (χ2n) is 4.42. The number of hydrogen-bond acceptors (Lipinski definition) is 3. The summed E-state index contributed by atoms with van der Waals surface area (Å²) in [5, 5.41) is 0. The van der Waals surface area contributed by atoms with Crippen LogP contribution in [0, 0.1) is 5.92 Å². The second kappa shape index (κ2) is 6.40. The van der Waals surface area contributed by atoms with Crippen LogP contribution in [0.25, 0.3) is 0 Å². The highest BCUT2D eigenvalue weighted by Crippen LogP contribution is 2.14. The van der Waals surface area contributed by atoms with Crippen molar-refractivity contribution < 1.29 is 14.3 Å². The van der Waals surface area contributed by atoms with Gasteiger partial charge in [-0.2, -0.15) is 0 Å². The molecule has 3 heteroatoms. The van der Waals surface area contributed by atoms with E-state index in [9.17, 15) is 4.79 Å². The summed E-state index contributed by atoms with van der Waals surface area (Å²) >= 11 is 0. The molecule has 0 spiro atoms.